The van der Waals surface area contributed by atoms with Crippen LogP contribution in [0.25, 0.3) is 0 Å². The number of hydrogen-bond donors (Lipinski definition) is 1. The summed E-state index contributed by atoms with van der Waals surface area (Å²) in [5.41, 5.74) is 1.65. The lowest BCUT2D eigenvalue weighted by Gasteiger charge is -2.03. The van der Waals surface area contributed by atoms with Gasteiger partial charge in [-0.2, -0.15) is 15.0 Å². The Labute approximate surface area is 99.7 Å². The third-order valence-electron chi connectivity index (χ3n) is 1.52. The standard InChI is InChI=1S/C7H8N6OS2/c1-8-4-10-5(14-2)12-6(11-4)16-7-13-9-3-15-7/h3H,1-2H3,(H,8,10,11,12). The Hall–Kier alpha value is -1.48. The van der Waals surface area contributed by atoms with Crippen molar-refractivity contribution in [3.05, 3.63) is 5.51 Å². The van der Waals surface area contributed by atoms with E-state index in [1.165, 1.54) is 30.2 Å². The molecule has 0 aromatic carbocycles. The van der Waals surface area contributed by atoms with E-state index in [1.54, 1.807) is 12.6 Å². The van der Waals surface area contributed by atoms with Gasteiger partial charge >= 0.3 is 6.01 Å². The average molecular weight is 256 g/mol. The molecule has 2 aromatic rings. The molecule has 1 N–H and O–H groups in total. The second-order valence-corrected chi connectivity index (χ2v) is 4.53. The summed E-state index contributed by atoms with van der Waals surface area (Å²) in [4.78, 5) is 12.3. The van der Waals surface area contributed by atoms with Gasteiger partial charge in [0.1, 0.15) is 5.51 Å². The third-order valence-corrected chi connectivity index (χ3v) is 3.16. The van der Waals surface area contributed by atoms with Gasteiger partial charge in [0.15, 0.2) is 4.34 Å². The molecule has 9 heteroatoms. The molecule has 84 valence electrons. The van der Waals surface area contributed by atoms with Crippen LogP contribution in [-0.2, 0) is 0 Å². The number of ether oxygens (including phenoxy) is 1. The molecule has 16 heavy (non-hydrogen) atoms. The molecule has 2 rings (SSSR count). The minimum Gasteiger partial charge on any atom is -0.467 e. The summed E-state index contributed by atoms with van der Waals surface area (Å²) in [5.74, 6) is 0.457. The van der Waals surface area contributed by atoms with Crippen molar-refractivity contribution < 1.29 is 4.74 Å². The SMILES string of the molecule is CNc1nc(OC)nc(Sc2nncs2)n1. The number of nitrogens with zero attached hydrogens (tertiary/aromatic N) is 5. The average Bonchev–Trinajstić information content (AvgIpc) is 2.81. The van der Waals surface area contributed by atoms with E-state index in [4.69, 9.17) is 4.74 Å². The van der Waals surface area contributed by atoms with Gasteiger partial charge in [-0.25, -0.2) is 0 Å². The maximum atomic E-state index is 4.97. The highest BCUT2D eigenvalue weighted by Crippen LogP contribution is 2.26. The molecule has 2 aromatic heterocycles. The van der Waals surface area contributed by atoms with Crippen molar-refractivity contribution >= 4 is 29.0 Å². The topological polar surface area (TPSA) is 85.7 Å². The van der Waals surface area contributed by atoms with E-state index in [2.05, 4.69) is 30.5 Å². The van der Waals surface area contributed by atoms with Gasteiger partial charge in [0.25, 0.3) is 0 Å². The second kappa shape index (κ2) is 5.03. The highest BCUT2D eigenvalue weighted by molar-refractivity contribution is 8.00. The van der Waals surface area contributed by atoms with Gasteiger partial charge in [-0.15, -0.1) is 10.2 Å². The van der Waals surface area contributed by atoms with Crippen molar-refractivity contribution in [2.45, 2.75) is 9.50 Å². The molecule has 0 saturated carbocycles. The summed E-state index contributed by atoms with van der Waals surface area (Å²) < 4.78 is 5.74. The highest BCUT2D eigenvalue weighted by atomic mass is 32.2. The Balaban J connectivity index is 2.26. The van der Waals surface area contributed by atoms with E-state index in [1.807, 2.05) is 0 Å². The largest absolute Gasteiger partial charge is 0.467 e. The van der Waals surface area contributed by atoms with E-state index in [0.717, 1.165) is 4.34 Å². The lowest BCUT2D eigenvalue weighted by molar-refractivity contribution is 0.374. The molecule has 0 radical (unpaired) electrons. The molecule has 0 saturated heterocycles. The van der Waals surface area contributed by atoms with E-state index in [9.17, 15) is 0 Å². The lowest BCUT2D eigenvalue weighted by atomic mass is 10.9. The van der Waals surface area contributed by atoms with Crippen LogP contribution in [0.4, 0.5) is 5.95 Å². The van der Waals surface area contributed by atoms with Crippen molar-refractivity contribution in [2.75, 3.05) is 19.5 Å². The van der Waals surface area contributed by atoms with Crippen molar-refractivity contribution in [3.63, 3.8) is 0 Å². The van der Waals surface area contributed by atoms with Crippen LogP contribution in [0.1, 0.15) is 0 Å². The fraction of sp³-hybridized carbons (Fsp3) is 0.286. The van der Waals surface area contributed by atoms with Crippen LogP contribution in [0.15, 0.2) is 15.0 Å². The van der Waals surface area contributed by atoms with E-state index in [0.29, 0.717) is 11.1 Å². The normalized spacial score (nSPS) is 10.1. The maximum absolute atomic E-state index is 4.97. The fourth-order valence-corrected chi connectivity index (χ4v) is 2.20. The van der Waals surface area contributed by atoms with Crippen LogP contribution in [-0.4, -0.2) is 39.3 Å². The van der Waals surface area contributed by atoms with E-state index >= 15 is 0 Å². The predicted octanol–water partition coefficient (Wildman–Crippen LogP) is 0.925. The van der Waals surface area contributed by atoms with Gasteiger partial charge in [0, 0.05) is 7.05 Å². The summed E-state index contributed by atoms with van der Waals surface area (Å²) in [7, 11) is 3.24. The zero-order chi connectivity index (χ0) is 11.4. The Morgan fingerprint density at radius 2 is 2.25 bits per heavy atom. The third kappa shape index (κ3) is 2.55. The molecule has 7 nitrogen and oxygen atoms in total. The van der Waals surface area contributed by atoms with Crippen molar-refractivity contribution in [2.24, 2.45) is 0 Å². The molecule has 0 aliphatic heterocycles. The monoisotopic (exact) mass is 256 g/mol. The molecule has 2 heterocycles. The zero-order valence-corrected chi connectivity index (χ0v) is 10.2. The smallest absolute Gasteiger partial charge is 0.321 e. The molecule has 0 spiro atoms. The molecular formula is C7H8N6OS2. The molecule has 0 fully saturated rings. The minimum absolute atomic E-state index is 0.270. The van der Waals surface area contributed by atoms with Crippen LogP contribution < -0.4 is 10.1 Å². The number of anilines is 1. The van der Waals surface area contributed by atoms with Crippen LogP contribution in [0.5, 0.6) is 6.01 Å². The Bertz CT molecular complexity index is 440. The number of methoxy groups -OCH3 is 1. The van der Waals surface area contributed by atoms with Gasteiger partial charge in [0.2, 0.25) is 11.1 Å². The van der Waals surface area contributed by atoms with Crippen molar-refractivity contribution in [1.29, 1.82) is 0 Å². The fourth-order valence-electron chi connectivity index (χ4n) is 0.872. The quantitative estimate of drug-likeness (QED) is 0.864. The molecule has 0 amide bonds. The van der Waals surface area contributed by atoms with Gasteiger partial charge in [-0.05, 0) is 11.8 Å². The van der Waals surface area contributed by atoms with Crippen LogP contribution in [0.3, 0.4) is 0 Å². The molecule has 0 atom stereocenters. The number of rotatable bonds is 4. The van der Waals surface area contributed by atoms with Crippen LogP contribution in [0, 0.1) is 0 Å². The molecule has 0 bridgehead atoms. The summed E-state index contributed by atoms with van der Waals surface area (Å²) in [6.07, 6.45) is 0. The van der Waals surface area contributed by atoms with Crippen LogP contribution in [0.2, 0.25) is 0 Å². The Morgan fingerprint density at radius 1 is 1.38 bits per heavy atom. The first-order valence-electron chi connectivity index (χ1n) is 4.23. The number of aromatic nitrogens is 5. The summed E-state index contributed by atoms with van der Waals surface area (Å²) >= 11 is 2.74. The van der Waals surface area contributed by atoms with Crippen molar-refractivity contribution in [3.8, 4) is 6.01 Å². The van der Waals surface area contributed by atoms with Gasteiger partial charge in [0.05, 0.1) is 7.11 Å². The van der Waals surface area contributed by atoms with E-state index in [-0.39, 0.29) is 6.01 Å². The summed E-state index contributed by atoms with van der Waals surface area (Å²) in [6, 6.07) is 0.270. The Kier molecular flexibility index (Phi) is 3.47. The molecular weight excluding hydrogens is 248 g/mol. The zero-order valence-electron chi connectivity index (χ0n) is 8.54. The molecule has 0 aliphatic carbocycles. The molecule has 0 unspecified atom stereocenters. The maximum Gasteiger partial charge on any atom is 0.321 e. The second-order valence-electron chi connectivity index (χ2n) is 2.48. The summed E-state index contributed by atoms with van der Waals surface area (Å²) in [6.45, 7) is 0. The summed E-state index contributed by atoms with van der Waals surface area (Å²) in [5, 5.41) is 11.0. The van der Waals surface area contributed by atoms with Gasteiger partial charge in [-0.3, -0.25) is 0 Å². The number of hydrogen-bond acceptors (Lipinski definition) is 9. The van der Waals surface area contributed by atoms with E-state index < -0.39 is 0 Å². The van der Waals surface area contributed by atoms with Crippen LogP contribution >= 0.6 is 23.1 Å². The Morgan fingerprint density at radius 3 is 2.88 bits per heavy atom. The highest BCUT2D eigenvalue weighted by Gasteiger charge is 2.09. The predicted molar refractivity (Wildman–Crippen MR) is 60.0 cm³/mol. The van der Waals surface area contributed by atoms with Gasteiger partial charge < -0.3 is 10.1 Å². The van der Waals surface area contributed by atoms with Gasteiger partial charge in [-0.1, -0.05) is 11.3 Å². The molecule has 0 aliphatic rings. The van der Waals surface area contributed by atoms with Crippen molar-refractivity contribution in [1.82, 2.24) is 25.1 Å². The lowest BCUT2D eigenvalue weighted by Crippen LogP contribution is -2.02. The minimum atomic E-state index is 0.270. The number of nitrogens with one attached hydrogen (secondary N) is 1. The first-order chi connectivity index (χ1) is 7.81. The first-order valence-corrected chi connectivity index (χ1v) is 5.93. The first kappa shape index (κ1) is 11.0.